The van der Waals surface area contributed by atoms with Gasteiger partial charge >= 0.3 is 0 Å². The molecule has 2 N–H and O–H groups in total. The molecule has 0 atom stereocenters. The van der Waals surface area contributed by atoms with Gasteiger partial charge in [-0.25, -0.2) is 9.97 Å². The van der Waals surface area contributed by atoms with Gasteiger partial charge in [-0.1, -0.05) is 11.8 Å². The van der Waals surface area contributed by atoms with Crippen molar-refractivity contribution in [3.8, 4) is 0 Å². The standard InChI is InChI=1S/C8H13N3S/c1-12-8-10-5-7(6-11-8)3-2-4-9/h5-6H,2-4,9H2,1H3. The zero-order chi connectivity index (χ0) is 8.81. The third-order valence-corrected chi connectivity index (χ3v) is 2.11. The third kappa shape index (κ3) is 2.79. The zero-order valence-corrected chi connectivity index (χ0v) is 7.97. The first kappa shape index (κ1) is 9.48. The van der Waals surface area contributed by atoms with Crippen LogP contribution in [0.25, 0.3) is 0 Å². The summed E-state index contributed by atoms with van der Waals surface area (Å²) in [5.41, 5.74) is 6.55. The van der Waals surface area contributed by atoms with E-state index in [0.29, 0.717) is 0 Å². The Bertz CT molecular complexity index is 222. The summed E-state index contributed by atoms with van der Waals surface area (Å²) in [5.74, 6) is 0. The summed E-state index contributed by atoms with van der Waals surface area (Å²) in [6.07, 6.45) is 7.69. The Hall–Kier alpha value is -0.610. The summed E-state index contributed by atoms with van der Waals surface area (Å²) in [7, 11) is 0. The lowest BCUT2D eigenvalue weighted by Gasteiger charge is -1.98. The van der Waals surface area contributed by atoms with Gasteiger partial charge in [-0.15, -0.1) is 0 Å². The Morgan fingerprint density at radius 3 is 2.58 bits per heavy atom. The maximum absolute atomic E-state index is 5.39. The van der Waals surface area contributed by atoms with E-state index in [2.05, 4.69) is 9.97 Å². The maximum Gasteiger partial charge on any atom is 0.187 e. The number of nitrogens with zero attached hydrogens (tertiary/aromatic N) is 2. The number of aromatic nitrogens is 2. The lowest BCUT2D eigenvalue weighted by atomic mass is 10.2. The van der Waals surface area contributed by atoms with Crippen LogP contribution in [0.5, 0.6) is 0 Å². The number of rotatable bonds is 4. The molecular weight excluding hydrogens is 170 g/mol. The van der Waals surface area contributed by atoms with Gasteiger partial charge in [-0.3, -0.25) is 0 Å². The fourth-order valence-electron chi connectivity index (χ4n) is 0.884. The Kier molecular flexibility index (Phi) is 4.04. The molecular formula is C8H13N3S. The van der Waals surface area contributed by atoms with Crippen molar-refractivity contribution in [2.45, 2.75) is 18.0 Å². The van der Waals surface area contributed by atoms with E-state index in [1.165, 1.54) is 5.56 Å². The number of thioether (sulfide) groups is 1. The molecule has 0 amide bonds. The van der Waals surface area contributed by atoms with Crippen LogP contribution in [0.15, 0.2) is 17.6 Å². The predicted molar refractivity (Wildman–Crippen MR) is 51.2 cm³/mol. The largest absolute Gasteiger partial charge is 0.330 e. The van der Waals surface area contributed by atoms with Crippen molar-refractivity contribution < 1.29 is 0 Å². The summed E-state index contributed by atoms with van der Waals surface area (Å²) < 4.78 is 0. The quantitative estimate of drug-likeness (QED) is 0.561. The SMILES string of the molecule is CSc1ncc(CCCN)cn1. The lowest BCUT2D eigenvalue weighted by Crippen LogP contribution is -2.01. The molecule has 12 heavy (non-hydrogen) atoms. The summed E-state index contributed by atoms with van der Waals surface area (Å²) in [6.45, 7) is 0.726. The van der Waals surface area contributed by atoms with Crippen LogP contribution in [0, 0.1) is 0 Å². The molecule has 0 fully saturated rings. The molecule has 0 aromatic carbocycles. The maximum atomic E-state index is 5.39. The summed E-state index contributed by atoms with van der Waals surface area (Å²) in [6, 6.07) is 0. The molecule has 0 spiro atoms. The molecule has 0 aliphatic rings. The van der Waals surface area contributed by atoms with E-state index in [-0.39, 0.29) is 0 Å². The van der Waals surface area contributed by atoms with Crippen molar-refractivity contribution in [2.24, 2.45) is 5.73 Å². The van der Waals surface area contributed by atoms with Gasteiger partial charge in [0.25, 0.3) is 0 Å². The van der Waals surface area contributed by atoms with Crippen LogP contribution < -0.4 is 5.73 Å². The van der Waals surface area contributed by atoms with Gasteiger partial charge in [0.05, 0.1) is 0 Å². The number of nitrogens with two attached hydrogens (primary N) is 1. The lowest BCUT2D eigenvalue weighted by molar-refractivity contribution is 0.811. The number of hydrogen-bond acceptors (Lipinski definition) is 4. The van der Waals surface area contributed by atoms with Crippen molar-refractivity contribution in [2.75, 3.05) is 12.8 Å². The second kappa shape index (κ2) is 5.11. The molecule has 4 heteroatoms. The molecule has 1 aromatic rings. The van der Waals surface area contributed by atoms with Crippen molar-refractivity contribution >= 4 is 11.8 Å². The molecule has 0 unspecified atom stereocenters. The van der Waals surface area contributed by atoms with Gasteiger partial charge in [-0.05, 0) is 31.2 Å². The molecule has 0 radical (unpaired) electrons. The molecule has 0 saturated heterocycles. The van der Waals surface area contributed by atoms with Crippen LogP contribution in [-0.2, 0) is 6.42 Å². The first-order valence-corrected chi connectivity index (χ1v) is 5.14. The van der Waals surface area contributed by atoms with Crippen LogP contribution >= 0.6 is 11.8 Å². The van der Waals surface area contributed by atoms with E-state index in [9.17, 15) is 0 Å². The molecule has 1 rings (SSSR count). The van der Waals surface area contributed by atoms with Gasteiger partial charge in [-0.2, -0.15) is 0 Å². The van der Waals surface area contributed by atoms with Crippen molar-refractivity contribution in [1.82, 2.24) is 9.97 Å². The van der Waals surface area contributed by atoms with Gasteiger partial charge in [0, 0.05) is 12.4 Å². The highest BCUT2D eigenvalue weighted by atomic mass is 32.2. The second-order valence-corrected chi connectivity index (χ2v) is 3.24. The summed E-state index contributed by atoms with van der Waals surface area (Å²) in [4.78, 5) is 8.32. The highest BCUT2D eigenvalue weighted by Gasteiger charge is 1.94. The minimum atomic E-state index is 0.726. The second-order valence-electron chi connectivity index (χ2n) is 2.47. The molecule has 66 valence electrons. The van der Waals surface area contributed by atoms with Crippen LogP contribution in [0.1, 0.15) is 12.0 Å². The van der Waals surface area contributed by atoms with Gasteiger partial charge < -0.3 is 5.73 Å². The van der Waals surface area contributed by atoms with Crippen LogP contribution in [0.3, 0.4) is 0 Å². The fourth-order valence-corrected chi connectivity index (χ4v) is 1.20. The van der Waals surface area contributed by atoms with E-state index in [1.54, 1.807) is 11.8 Å². The Morgan fingerprint density at radius 2 is 2.08 bits per heavy atom. The molecule has 0 aliphatic heterocycles. The minimum absolute atomic E-state index is 0.726. The minimum Gasteiger partial charge on any atom is -0.330 e. The predicted octanol–water partition coefficient (Wildman–Crippen LogP) is 1.09. The van der Waals surface area contributed by atoms with Crippen molar-refractivity contribution in [3.63, 3.8) is 0 Å². The normalized spacial score (nSPS) is 10.2. The van der Waals surface area contributed by atoms with Gasteiger partial charge in [0.15, 0.2) is 5.16 Å². The van der Waals surface area contributed by atoms with Gasteiger partial charge in [0.2, 0.25) is 0 Å². The average Bonchev–Trinajstić information content (AvgIpc) is 2.15. The smallest absolute Gasteiger partial charge is 0.187 e. The molecule has 3 nitrogen and oxygen atoms in total. The van der Waals surface area contributed by atoms with Crippen LogP contribution in [-0.4, -0.2) is 22.8 Å². The third-order valence-electron chi connectivity index (χ3n) is 1.53. The first-order valence-electron chi connectivity index (χ1n) is 3.92. The zero-order valence-electron chi connectivity index (χ0n) is 7.16. The monoisotopic (exact) mass is 183 g/mol. The van der Waals surface area contributed by atoms with E-state index < -0.39 is 0 Å². The summed E-state index contributed by atoms with van der Waals surface area (Å²) >= 11 is 1.55. The molecule has 0 saturated carbocycles. The molecule has 0 aliphatic carbocycles. The molecule has 1 heterocycles. The number of aryl methyl sites for hydroxylation is 1. The Morgan fingerprint density at radius 1 is 1.42 bits per heavy atom. The summed E-state index contributed by atoms with van der Waals surface area (Å²) in [5, 5.41) is 0.825. The van der Waals surface area contributed by atoms with Crippen LogP contribution in [0.4, 0.5) is 0 Å². The topological polar surface area (TPSA) is 51.8 Å². The molecule has 0 bridgehead atoms. The van der Waals surface area contributed by atoms with Crippen LogP contribution in [0.2, 0.25) is 0 Å². The Labute approximate surface area is 76.8 Å². The van der Waals surface area contributed by atoms with E-state index in [4.69, 9.17) is 5.73 Å². The average molecular weight is 183 g/mol. The molecule has 1 aromatic heterocycles. The fraction of sp³-hybridized carbons (Fsp3) is 0.500. The van der Waals surface area contributed by atoms with Crippen molar-refractivity contribution in [3.05, 3.63) is 18.0 Å². The highest BCUT2D eigenvalue weighted by Crippen LogP contribution is 2.07. The first-order chi connectivity index (χ1) is 5.86. The van der Waals surface area contributed by atoms with E-state index in [0.717, 1.165) is 24.5 Å². The van der Waals surface area contributed by atoms with Gasteiger partial charge in [0.1, 0.15) is 0 Å². The highest BCUT2D eigenvalue weighted by molar-refractivity contribution is 7.98. The Balaban J connectivity index is 2.53. The van der Waals surface area contributed by atoms with E-state index >= 15 is 0 Å². The van der Waals surface area contributed by atoms with E-state index in [1.807, 2.05) is 18.6 Å². The number of hydrogen-bond donors (Lipinski definition) is 1. The van der Waals surface area contributed by atoms with Crippen molar-refractivity contribution in [1.29, 1.82) is 0 Å².